The molecule has 0 atom stereocenters. The third-order valence-corrected chi connectivity index (χ3v) is 3.68. The van der Waals surface area contributed by atoms with Crippen molar-refractivity contribution in [1.82, 2.24) is 20.9 Å². The van der Waals surface area contributed by atoms with Crippen molar-refractivity contribution >= 4 is 11.9 Å². The van der Waals surface area contributed by atoms with Crippen molar-refractivity contribution < 1.29 is 4.79 Å². The van der Waals surface area contributed by atoms with Gasteiger partial charge < -0.3 is 16.0 Å². The second-order valence-electron chi connectivity index (χ2n) is 7.62. The van der Waals surface area contributed by atoms with E-state index >= 15 is 0 Å². The molecule has 0 heterocycles. The zero-order chi connectivity index (χ0) is 18.8. The molecule has 0 aliphatic heterocycles. The first-order valence-electron chi connectivity index (χ1n) is 9.15. The quantitative estimate of drug-likeness (QED) is 0.340. The number of carbonyl (C=O) groups excluding carboxylic acids is 1. The smallest absolute Gasteiger partial charge is 0.225 e. The topological polar surface area (TPSA) is 68.8 Å². The molecular weight excluding hydrogens is 302 g/mol. The van der Waals surface area contributed by atoms with Crippen LogP contribution >= 0.6 is 0 Å². The predicted octanol–water partition coefficient (Wildman–Crippen LogP) is 1.82. The van der Waals surface area contributed by atoms with Gasteiger partial charge in [0.15, 0.2) is 5.96 Å². The highest BCUT2D eigenvalue weighted by Crippen LogP contribution is 2.11. The van der Waals surface area contributed by atoms with Crippen LogP contribution in [0.1, 0.15) is 55.4 Å². The fourth-order valence-electron chi connectivity index (χ4n) is 2.35. The summed E-state index contributed by atoms with van der Waals surface area (Å²) in [6.45, 7) is 20.4. The van der Waals surface area contributed by atoms with Gasteiger partial charge in [-0.1, -0.05) is 20.8 Å². The highest BCUT2D eigenvalue weighted by atomic mass is 16.2. The Morgan fingerprint density at radius 3 is 2.00 bits per heavy atom. The normalized spacial score (nSPS) is 12.9. The van der Waals surface area contributed by atoms with Crippen molar-refractivity contribution in [2.75, 3.05) is 32.7 Å². The van der Waals surface area contributed by atoms with Crippen LogP contribution in [0.25, 0.3) is 0 Å². The largest absolute Gasteiger partial charge is 0.357 e. The van der Waals surface area contributed by atoms with E-state index in [0.717, 1.165) is 25.6 Å². The van der Waals surface area contributed by atoms with E-state index in [2.05, 4.69) is 53.5 Å². The summed E-state index contributed by atoms with van der Waals surface area (Å²) < 4.78 is 0. The Labute approximate surface area is 148 Å². The highest BCUT2D eigenvalue weighted by Gasteiger charge is 2.20. The van der Waals surface area contributed by atoms with E-state index in [1.54, 1.807) is 0 Å². The second kappa shape index (κ2) is 11.3. The van der Waals surface area contributed by atoms with Gasteiger partial charge in [-0.15, -0.1) is 0 Å². The summed E-state index contributed by atoms with van der Waals surface area (Å²) in [6.07, 6.45) is 0. The van der Waals surface area contributed by atoms with Gasteiger partial charge in [0.2, 0.25) is 5.91 Å². The molecule has 6 nitrogen and oxygen atoms in total. The number of rotatable bonds is 9. The number of guanidine groups is 1. The molecule has 0 spiro atoms. The number of hydrogen-bond acceptors (Lipinski definition) is 3. The van der Waals surface area contributed by atoms with Crippen LogP contribution in [0.2, 0.25) is 0 Å². The molecule has 0 fully saturated rings. The average molecular weight is 342 g/mol. The van der Waals surface area contributed by atoms with Crippen molar-refractivity contribution in [1.29, 1.82) is 0 Å². The van der Waals surface area contributed by atoms with E-state index in [1.165, 1.54) is 0 Å². The first kappa shape index (κ1) is 22.7. The fraction of sp³-hybridized carbons (Fsp3) is 0.889. The van der Waals surface area contributed by atoms with E-state index in [4.69, 9.17) is 0 Å². The lowest BCUT2D eigenvalue weighted by atomic mass is 9.96. The summed E-state index contributed by atoms with van der Waals surface area (Å²) >= 11 is 0. The fourth-order valence-corrected chi connectivity index (χ4v) is 2.35. The van der Waals surface area contributed by atoms with Gasteiger partial charge in [-0.25, -0.2) is 0 Å². The van der Waals surface area contributed by atoms with Crippen molar-refractivity contribution in [3.63, 3.8) is 0 Å². The Bertz CT molecular complexity index is 377. The Hall–Kier alpha value is -1.30. The molecule has 0 unspecified atom stereocenters. The SMILES string of the molecule is CCNC(=NCCN(C(C)C)C(C)C)NCCNC(=O)C(C)(C)C. The highest BCUT2D eigenvalue weighted by molar-refractivity contribution is 5.81. The maximum Gasteiger partial charge on any atom is 0.225 e. The van der Waals surface area contributed by atoms with Crippen LogP contribution in [0.5, 0.6) is 0 Å². The molecule has 0 saturated carbocycles. The van der Waals surface area contributed by atoms with Gasteiger partial charge in [0.1, 0.15) is 0 Å². The third kappa shape index (κ3) is 9.75. The molecule has 0 aromatic heterocycles. The lowest BCUT2D eigenvalue weighted by Crippen LogP contribution is -2.44. The molecule has 0 aromatic rings. The molecule has 0 aliphatic carbocycles. The minimum absolute atomic E-state index is 0.0655. The van der Waals surface area contributed by atoms with Crippen LogP contribution in [0.15, 0.2) is 4.99 Å². The van der Waals surface area contributed by atoms with Crippen LogP contribution in [0.3, 0.4) is 0 Å². The Morgan fingerprint density at radius 2 is 1.54 bits per heavy atom. The van der Waals surface area contributed by atoms with Gasteiger partial charge in [-0.2, -0.15) is 0 Å². The zero-order valence-corrected chi connectivity index (χ0v) is 17.0. The van der Waals surface area contributed by atoms with Crippen molar-refractivity contribution in [2.45, 2.75) is 67.5 Å². The number of hydrogen-bond donors (Lipinski definition) is 3. The molecule has 0 aromatic carbocycles. The molecule has 0 rings (SSSR count). The third-order valence-electron chi connectivity index (χ3n) is 3.68. The predicted molar refractivity (Wildman–Crippen MR) is 103 cm³/mol. The monoisotopic (exact) mass is 341 g/mol. The van der Waals surface area contributed by atoms with Crippen molar-refractivity contribution in [3.8, 4) is 0 Å². The molecule has 0 radical (unpaired) electrons. The van der Waals surface area contributed by atoms with Gasteiger partial charge in [-0.3, -0.25) is 14.7 Å². The molecule has 0 aliphatic rings. The van der Waals surface area contributed by atoms with Crippen molar-refractivity contribution in [3.05, 3.63) is 0 Å². The standard InChI is InChI=1S/C18H39N5O/c1-9-19-17(21-11-10-20-16(24)18(6,7)8)22-12-13-23(14(2)3)15(4)5/h14-15H,9-13H2,1-8H3,(H,20,24)(H2,19,21,22). The van der Waals surface area contributed by atoms with Crippen molar-refractivity contribution in [2.24, 2.45) is 10.4 Å². The number of nitrogens with zero attached hydrogens (tertiary/aromatic N) is 2. The van der Waals surface area contributed by atoms with E-state index in [9.17, 15) is 4.79 Å². The summed E-state index contributed by atoms with van der Waals surface area (Å²) in [5.74, 6) is 0.866. The average Bonchev–Trinajstić information content (AvgIpc) is 2.45. The lowest BCUT2D eigenvalue weighted by molar-refractivity contribution is -0.128. The maximum absolute atomic E-state index is 11.8. The van der Waals surface area contributed by atoms with Crippen LogP contribution in [-0.2, 0) is 4.79 Å². The molecular formula is C18H39N5O. The van der Waals surface area contributed by atoms with Crippen LogP contribution in [0.4, 0.5) is 0 Å². The van der Waals surface area contributed by atoms with E-state index in [-0.39, 0.29) is 11.3 Å². The molecule has 6 heteroatoms. The van der Waals surface area contributed by atoms with Crippen LogP contribution in [-0.4, -0.2) is 61.6 Å². The molecule has 142 valence electrons. The summed E-state index contributed by atoms with van der Waals surface area (Å²) in [6, 6.07) is 1.03. The molecule has 0 bridgehead atoms. The number of carbonyl (C=O) groups is 1. The Morgan fingerprint density at radius 1 is 1.00 bits per heavy atom. The van der Waals surface area contributed by atoms with E-state index in [1.807, 2.05) is 27.7 Å². The van der Waals surface area contributed by atoms with Gasteiger partial charge in [-0.05, 0) is 34.6 Å². The van der Waals surface area contributed by atoms with E-state index in [0.29, 0.717) is 25.2 Å². The van der Waals surface area contributed by atoms with E-state index < -0.39 is 0 Å². The minimum Gasteiger partial charge on any atom is -0.357 e. The number of amides is 1. The van der Waals surface area contributed by atoms with Gasteiger partial charge in [0.05, 0.1) is 6.54 Å². The minimum atomic E-state index is -0.351. The van der Waals surface area contributed by atoms with Crippen LogP contribution in [0, 0.1) is 5.41 Å². The number of nitrogens with one attached hydrogen (secondary N) is 3. The summed E-state index contributed by atoms with van der Waals surface area (Å²) in [5, 5.41) is 9.44. The summed E-state index contributed by atoms with van der Waals surface area (Å²) in [7, 11) is 0. The molecule has 1 amide bonds. The summed E-state index contributed by atoms with van der Waals surface area (Å²) in [4.78, 5) is 18.9. The van der Waals surface area contributed by atoms with Gasteiger partial charge in [0.25, 0.3) is 0 Å². The number of aliphatic imine (C=N–C) groups is 1. The van der Waals surface area contributed by atoms with Crippen LogP contribution < -0.4 is 16.0 Å². The maximum atomic E-state index is 11.8. The Kier molecular flexibility index (Phi) is 10.7. The molecule has 0 saturated heterocycles. The molecule has 24 heavy (non-hydrogen) atoms. The zero-order valence-electron chi connectivity index (χ0n) is 17.0. The summed E-state index contributed by atoms with van der Waals surface area (Å²) in [5.41, 5.74) is -0.351. The second-order valence-corrected chi connectivity index (χ2v) is 7.62. The molecule has 3 N–H and O–H groups in total. The first-order valence-corrected chi connectivity index (χ1v) is 9.15. The van der Waals surface area contributed by atoms with Gasteiger partial charge in [0, 0.05) is 43.7 Å². The van der Waals surface area contributed by atoms with Gasteiger partial charge >= 0.3 is 0 Å². The first-order chi connectivity index (χ1) is 11.1. The Balaban J connectivity index is 4.31. The lowest BCUT2D eigenvalue weighted by Gasteiger charge is -2.29.